The summed E-state index contributed by atoms with van der Waals surface area (Å²) in [7, 11) is 0. The van der Waals surface area contributed by atoms with Crippen molar-refractivity contribution in [3.8, 4) is 11.1 Å². The van der Waals surface area contributed by atoms with Crippen molar-refractivity contribution in [2.24, 2.45) is 0 Å². The zero-order valence-electron chi connectivity index (χ0n) is 13.1. The number of halogens is 1. The molecule has 0 amide bonds. The maximum absolute atomic E-state index is 13.6. The fourth-order valence-corrected chi connectivity index (χ4v) is 2.71. The number of nitrogens with zero attached hydrogens (tertiary/aromatic N) is 1. The molecule has 0 saturated heterocycles. The molecule has 3 aromatic rings. The molecule has 23 heavy (non-hydrogen) atoms. The molecule has 0 aliphatic heterocycles. The van der Waals surface area contributed by atoms with E-state index in [0.29, 0.717) is 28.6 Å². The van der Waals surface area contributed by atoms with E-state index < -0.39 is 0 Å². The predicted molar refractivity (Wildman–Crippen MR) is 90.9 cm³/mol. The maximum Gasteiger partial charge on any atom is 0.166 e. The molecule has 0 spiro atoms. The molecular formula is C19H17FN2O. The molecule has 0 aliphatic carbocycles. The van der Waals surface area contributed by atoms with Crippen molar-refractivity contribution in [3.63, 3.8) is 0 Å². The summed E-state index contributed by atoms with van der Waals surface area (Å²) < 4.78 is 13.6. The van der Waals surface area contributed by atoms with Crippen LogP contribution in [0, 0.1) is 12.7 Å². The van der Waals surface area contributed by atoms with E-state index in [-0.39, 0.29) is 11.6 Å². The van der Waals surface area contributed by atoms with Gasteiger partial charge in [-0.2, -0.15) is 0 Å². The smallest absolute Gasteiger partial charge is 0.166 e. The lowest BCUT2D eigenvalue weighted by molar-refractivity contribution is 0.0989. The van der Waals surface area contributed by atoms with Crippen molar-refractivity contribution < 1.29 is 9.18 Å². The van der Waals surface area contributed by atoms with Gasteiger partial charge in [-0.3, -0.25) is 9.78 Å². The van der Waals surface area contributed by atoms with Crippen LogP contribution in [0.25, 0.3) is 22.0 Å². The highest BCUT2D eigenvalue weighted by molar-refractivity contribution is 6.07. The molecule has 3 nitrogen and oxygen atoms in total. The number of anilines is 1. The second-order valence-electron chi connectivity index (χ2n) is 5.61. The number of hydrogen-bond acceptors (Lipinski definition) is 3. The summed E-state index contributed by atoms with van der Waals surface area (Å²) in [6.07, 6.45) is 1.90. The summed E-state index contributed by atoms with van der Waals surface area (Å²) in [6, 6.07) is 10.5. The van der Waals surface area contributed by atoms with Crippen molar-refractivity contribution in [1.29, 1.82) is 0 Å². The third kappa shape index (κ3) is 2.80. The first-order valence-corrected chi connectivity index (χ1v) is 7.48. The average Bonchev–Trinajstić information content (AvgIpc) is 2.53. The van der Waals surface area contributed by atoms with Crippen LogP contribution in [-0.2, 0) is 0 Å². The Labute approximate surface area is 134 Å². The Morgan fingerprint density at radius 1 is 1.17 bits per heavy atom. The first kappa shape index (κ1) is 15.2. The average molecular weight is 308 g/mol. The number of benzene rings is 2. The Kier molecular flexibility index (Phi) is 3.82. The summed E-state index contributed by atoms with van der Waals surface area (Å²) >= 11 is 0. The number of nitrogens with two attached hydrogens (primary N) is 1. The fourth-order valence-electron chi connectivity index (χ4n) is 2.71. The van der Waals surface area contributed by atoms with Gasteiger partial charge in [0.25, 0.3) is 0 Å². The Hall–Kier alpha value is -2.75. The summed E-state index contributed by atoms with van der Waals surface area (Å²) in [4.78, 5) is 16.3. The molecule has 0 atom stereocenters. The number of rotatable bonds is 3. The lowest BCUT2D eigenvalue weighted by atomic mass is 9.99. The van der Waals surface area contributed by atoms with Gasteiger partial charge in [-0.25, -0.2) is 4.39 Å². The highest BCUT2D eigenvalue weighted by Gasteiger charge is 2.12. The van der Waals surface area contributed by atoms with Gasteiger partial charge in [0.05, 0.1) is 16.8 Å². The van der Waals surface area contributed by atoms with Crippen molar-refractivity contribution in [2.45, 2.75) is 20.3 Å². The number of carbonyl (C=O) groups is 1. The minimum absolute atomic E-state index is 0.0381. The molecule has 0 saturated carbocycles. The maximum atomic E-state index is 13.6. The van der Waals surface area contributed by atoms with Gasteiger partial charge >= 0.3 is 0 Å². The zero-order valence-corrected chi connectivity index (χ0v) is 13.1. The lowest BCUT2D eigenvalue weighted by Gasteiger charge is -2.10. The summed E-state index contributed by atoms with van der Waals surface area (Å²) in [5, 5.41) is 0.712. The molecule has 4 heteroatoms. The number of pyridine rings is 1. The first-order chi connectivity index (χ1) is 11.0. The van der Waals surface area contributed by atoms with Crippen molar-refractivity contribution >= 4 is 22.4 Å². The molecule has 0 fully saturated rings. The Balaban J connectivity index is 2.21. The third-order valence-corrected chi connectivity index (χ3v) is 3.91. The van der Waals surface area contributed by atoms with E-state index in [1.165, 1.54) is 18.3 Å². The van der Waals surface area contributed by atoms with Crippen LogP contribution < -0.4 is 5.73 Å². The van der Waals surface area contributed by atoms with Gasteiger partial charge in [-0.1, -0.05) is 19.1 Å². The van der Waals surface area contributed by atoms with E-state index >= 15 is 0 Å². The summed E-state index contributed by atoms with van der Waals surface area (Å²) in [5.74, 6) is -0.315. The molecule has 1 heterocycles. The van der Waals surface area contributed by atoms with Crippen LogP contribution in [0.3, 0.4) is 0 Å². The second kappa shape index (κ2) is 5.80. The highest BCUT2D eigenvalue weighted by Crippen LogP contribution is 2.30. The number of nitrogen functional groups attached to an aromatic ring is 1. The quantitative estimate of drug-likeness (QED) is 0.723. The Morgan fingerprint density at radius 3 is 2.65 bits per heavy atom. The van der Waals surface area contributed by atoms with Gasteiger partial charge in [0.15, 0.2) is 5.78 Å². The molecule has 0 bridgehead atoms. The monoisotopic (exact) mass is 308 g/mol. The second-order valence-corrected chi connectivity index (χ2v) is 5.61. The molecule has 2 N–H and O–H groups in total. The number of ketones is 1. The highest BCUT2D eigenvalue weighted by atomic mass is 19.1. The van der Waals surface area contributed by atoms with Crippen LogP contribution in [0.4, 0.5) is 10.1 Å². The third-order valence-electron chi connectivity index (χ3n) is 3.91. The van der Waals surface area contributed by atoms with Crippen LogP contribution in [0.15, 0.2) is 42.6 Å². The lowest BCUT2D eigenvalue weighted by Crippen LogP contribution is -2.04. The van der Waals surface area contributed by atoms with Gasteiger partial charge in [0.2, 0.25) is 0 Å². The molecule has 1 aromatic heterocycles. The molecule has 3 rings (SSSR count). The number of aryl methyl sites for hydroxylation is 1. The van der Waals surface area contributed by atoms with E-state index in [2.05, 4.69) is 4.98 Å². The first-order valence-electron chi connectivity index (χ1n) is 7.48. The Morgan fingerprint density at radius 2 is 1.96 bits per heavy atom. The zero-order chi connectivity index (χ0) is 16.6. The summed E-state index contributed by atoms with van der Waals surface area (Å²) in [5.41, 5.74) is 10.2. The number of aromatic nitrogens is 1. The Bertz CT molecular complexity index is 898. The van der Waals surface area contributed by atoms with Gasteiger partial charge in [0.1, 0.15) is 5.82 Å². The topological polar surface area (TPSA) is 56.0 Å². The van der Waals surface area contributed by atoms with Gasteiger partial charge in [-0.15, -0.1) is 0 Å². The van der Waals surface area contributed by atoms with Crippen molar-refractivity contribution in [3.05, 3.63) is 59.5 Å². The molecular weight excluding hydrogens is 291 g/mol. The van der Waals surface area contributed by atoms with E-state index in [1.54, 1.807) is 6.92 Å². The molecule has 2 aromatic carbocycles. The SMILES string of the molecule is CCC(=O)c1cnc2ccc(-c3cc(C)cc(F)c3)cc2c1N. The minimum Gasteiger partial charge on any atom is -0.398 e. The van der Waals surface area contributed by atoms with Gasteiger partial charge in [0, 0.05) is 18.0 Å². The van der Waals surface area contributed by atoms with Crippen LogP contribution in [-0.4, -0.2) is 10.8 Å². The number of hydrogen-bond donors (Lipinski definition) is 1. The predicted octanol–water partition coefficient (Wildman–Crippen LogP) is 4.52. The largest absolute Gasteiger partial charge is 0.398 e. The molecule has 0 unspecified atom stereocenters. The molecule has 0 aliphatic rings. The number of carbonyl (C=O) groups excluding carboxylic acids is 1. The summed E-state index contributed by atoms with van der Waals surface area (Å²) in [6.45, 7) is 3.64. The van der Waals surface area contributed by atoms with E-state index in [1.807, 2.05) is 31.2 Å². The molecule has 0 radical (unpaired) electrons. The molecule has 116 valence electrons. The van der Waals surface area contributed by atoms with E-state index in [4.69, 9.17) is 5.73 Å². The van der Waals surface area contributed by atoms with Crippen molar-refractivity contribution in [1.82, 2.24) is 4.98 Å². The minimum atomic E-state index is -0.277. The van der Waals surface area contributed by atoms with Crippen molar-refractivity contribution in [2.75, 3.05) is 5.73 Å². The number of fused-ring (bicyclic) bond motifs is 1. The van der Waals surface area contributed by atoms with Crippen LogP contribution in [0.5, 0.6) is 0 Å². The van der Waals surface area contributed by atoms with E-state index in [9.17, 15) is 9.18 Å². The van der Waals surface area contributed by atoms with E-state index in [0.717, 1.165) is 16.7 Å². The van der Waals surface area contributed by atoms with Crippen LogP contribution >= 0.6 is 0 Å². The van der Waals surface area contributed by atoms with Gasteiger partial charge in [-0.05, 0) is 47.9 Å². The standard InChI is InChI=1S/C19H17FN2O/c1-3-18(23)16-10-22-17-5-4-12(9-15(17)19(16)21)13-6-11(2)7-14(20)8-13/h4-10H,3H2,1-2H3,(H2,21,22). The van der Waals surface area contributed by atoms with Crippen LogP contribution in [0.2, 0.25) is 0 Å². The van der Waals surface area contributed by atoms with Gasteiger partial charge < -0.3 is 5.73 Å². The number of Topliss-reactive ketones (excluding diaryl/α,β-unsaturated/α-hetero) is 1. The normalized spacial score (nSPS) is 10.9. The fraction of sp³-hybridized carbons (Fsp3) is 0.158. The van der Waals surface area contributed by atoms with Crippen LogP contribution in [0.1, 0.15) is 29.3 Å².